The Balaban J connectivity index is 2.15. The van der Waals surface area contributed by atoms with Gasteiger partial charge >= 0.3 is 0 Å². The van der Waals surface area contributed by atoms with Crippen molar-refractivity contribution in [2.45, 2.75) is 4.90 Å². The Hall–Kier alpha value is -2.41. The molecule has 0 aliphatic heterocycles. The van der Waals surface area contributed by atoms with Crippen LogP contribution < -0.4 is 5.73 Å². The maximum absolute atomic E-state index is 11.6. The maximum atomic E-state index is 11.6. The SMILES string of the molecule is CS(=O)(=O)c1cccc(-c2cn3cc(N)nc3cn2)c1. The quantitative estimate of drug-likeness (QED) is 0.769. The summed E-state index contributed by atoms with van der Waals surface area (Å²) in [6, 6.07) is 6.67. The van der Waals surface area contributed by atoms with Crippen LogP contribution in [-0.4, -0.2) is 29.0 Å². The van der Waals surface area contributed by atoms with Crippen molar-refractivity contribution in [3.63, 3.8) is 0 Å². The number of benzene rings is 1. The summed E-state index contributed by atoms with van der Waals surface area (Å²) >= 11 is 0. The fraction of sp³-hybridized carbons (Fsp3) is 0.0769. The highest BCUT2D eigenvalue weighted by Gasteiger charge is 2.09. The Labute approximate surface area is 115 Å². The van der Waals surface area contributed by atoms with Crippen LogP contribution in [0, 0.1) is 0 Å². The Morgan fingerprint density at radius 3 is 2.80 bits per heavy atom. The van der Waals surface area contributed by atoms with Gasteiger partial charge in [-0.3, -0.25) is 4.98 Å². The lowest BCUT2D eigenvalue weighted by Gasteiger charge is -2.04. The molecule has 6 nitrogen and oxygen atoms in total. The fourth-order valence-electron chi connectivity index (χ4n) is 1.95. The van der Waals surface area contributed by atoms with E-state index in [1.165, 1.54) is 6.26 Å². The van der Waals surface area contributed by atoms with Crippen molar-refractivity contribution in [2.24, 2.45) is 0 Å². The number of fused-ring (bicyclic) bond motifs is 1. The maximum Gasteiger partial charge on any atom is 0.175 e. The van der Waals surface area contributed by atoms with Crippen molar-refractivity contribution < 1.29 is 8.42 Å². The number of rotatable bonds is 2. The van der Waals surface area contributed by atoms with E-state index < -0.39 is 9.84 Å². The highest BCUT2D eigenvalue weighted by Crippen LogP contribution is 2.21. The summed E-state index contributed by atoms with van der Waals surface area (Å²) in [7, 11) is -3.24. The summed E-state index contributed by atoms with van der Waals surface area (Å²) in [5.74, 6) is 0.411. The van der Waals surface area contributed by atoms with Gasteiger partial charge in [-0.05, 0) is 12.1 Å². The molecule has 2 aromatic heterocycles. The van der Waals surface area contributed by atoms with Crippen LogP contribution in [0.4, 0.5) is 5.82 Å². The van der Waals surface area contributed by atoms with E-state index in [0.29, 0.717) is 17.2 Å². The number of imidazole rings is 1. The molecule has 102 valence electrons. The smallest absolute Gasteiger partial charge is 0.175 e. The van der Waals surface area contributed by atoms with Crippen LogP contribution in [0.5, 0.6) is 0 Å². The topological polar surface area (TPSA) is 90.3 Å². The van der Waals surface area contributed by atoms with Crippen molar-refractivity contribution in [3.8, 4) is 11.3 Å². The van der Waals surface area contributed by atoms with Gasteiger partial charge in [0.05, 0.1) is 23.0 Å². The minimum atomic E-state index is -3.24. The molecule has 0 radical (unpaired) electrons. The fourth-order valence-corrected chi connectivity index (χ4v) is 2.62. The molecular formula is C13H12N4O2S. The average Bonchev–Trinajstić information content (AvgIpc) is 2.77. The number of nitrogens with zero attached hydrogens (tertiary/aromatic N) is 3. The van der Waals surface area contributed by atoms with Gasteiger partial charge in [-0.2, -0.15) is 0 Å². The van der Waals surface area contributed by atoms with Crippen LogP contribution in [0.3, 0.4) is 0 Å². The molecule has 2 heterocycles. The second-order valence-electron chi connectivity index (χ2n) is 4.50. The van der Waals surface area contributed by atoms with E-state index >= 15 is 0 Å². The zero-order valence-corrected chi connectivity index (χ0v) is 11.5. The largest absolute Gasteiger partial charge is 0.382 e. The highest BCUT2D eigenvalue weighted by atomic mass is 32.2. The van der Waals surface area contributed by atoms with Crippen LogP contribution in [0.15, 0.2) is 47.8 Å². The predicted molar refractivity (Wildman–Crippen MR) is 75.9 cm³/mol. The first kappa shape index (κ1) is 12.6. The molecule has 0 aliphatic carbocycles. The number of hydrogen-bond donors (Lipinski definition) is 1. The van der Waals surface area contributed by atoms with Crippen LogP contribution >= 0.6 is 0 Å². The van der Waals surface area contributed by atoms with Gasteiger partial charge in [0.2, 0.25) is 0 Å². The summed E-state index contributed by atoms with van der Waals surface area (Å²) < 4.78 is 24.9. The van der Waals surface area contributed by atoms with Gasteiger partial charge in [0.1, 0.15) is 5.82 Å². The molecule has 1 aromatic carbocycles. The van der Waals surface area contributed by atoms with Crippen molar-refractivity contribution >= 4 is 21.3 Å². The summed E-state index contributed by atoms with van der Waals surface area (Å²) in [6.07, 6.45) is 6.22. The number of anilines is 1. The lowest BCUT2D eigenvalue weighted by atomic mass is 10.2. The Bertz CT molecular complexity index is 900. The van der Waals surface area contributed by atoms with Crippen molar-refractivity contribution in [1.82, 2.24) is 14.4 Å². The van der Waals surface area contributed by atoms with E-state index in [0.717, 1.165) is 5.56 Å². The van der Waals surface area contributed by atoms with Gasteiger partial charge in [0.15, 0.2) is 15.5 Å². The Morgan fingerprint density at radius 1 is 1.25 bits per heavy atom. The molecule has 0 bridgehead atoms. The lowest BCUT2D eigenvalue weighted by Crippen LogP contribution is -1.97. The first-order valence-corrected chi connectivity index (χ1v) is 7.73. The highest BCUT2D eigenvalue weighted by molar-refractivity contribution is 7.90. The molecule has 0 unspecified atom stereocenters. The van der Waals surface area contributed by atoms with Crippen LogP contribution in [0.25, 0.3) is 16.9 Å². The lowest BCUT2D eigenvalue weighted by molar-refractivity contribution is 0.602. The van der Waals surface area contributed by atoms with Gasteiger partial charge in [-0.1, -0.05) is 12.1 Å². The summed E-state index contributed by atoms with van der Waals surface area (Å²) in [5.41, 5.74) is 7.64. The van der Waals surface area contributed by atoms with E-state index in [4.69, 9.17) is 5.73 Å². The predicted octanol–water partition coefficient (Wildman–Crippen LogP) is 1.38. The monoisotopic (exact) mass is 288 g/mol. The Morgan fingerprint density at radius 2 is 2.05 bits per heavy atom. The first-order valence-electron chi connectivity index (χ1n) is 5.84. The minimum Gasteiger partial charge on any atom is -0.382 e. The molecule has 0 atom stereocenters. The second kappa shape index (κ2) is 4.31. The van der Waals surface area contributed by atoms with E-state index in [9.17, 15) is 8.42 Å². The van der Waals surface area contributed by atoms with Gasteiger partial charge < -0.3 is 10.1 Å². The summed E-state index contributed by atoms with van der Waals surface area (Å²) in [6.45, 7) is 0. The van der Waals surface area contributed by atoms with Crippen LogP contribution in [0.1, 0.15) is 0 Å². The number of sulfone groups is 1. The first-order chi connectivity index (χ1) is 9.43. The molecular weight excluding hydrogens is 276 g/mol. The third-order valence-electron chi connectivity index (χ3n) is 2.92. The molecule has 0 fully saturated rings. The molecule has 0 saturated heterocycles. The van der Waals surface area contributed by atoms with Gasteiger partial charge in [-0.15, -0.1) is 0 Å². The molecule has 3 rings (SSSR count). The van der Waals surface area contributed by atoms with Crippen molar-refractivity contribution in [1.29, 1.82) is 0 Å². The molecule has 2 N–H and O–H groups in total. The molecule has 0 amide bonds. The van der Waals surface area contributed by atoms with Crippen molar-refractivity contribution in [2.75, 3.05) is 12.0 Å². The normalized spacial score (nSPS) is 11.8. The Kier molecular flexibility index (Phi) is 2.72. The van der Waals surface area contributed by atoms with Crippen molar-refractivity contribution in [3.05, 3.63) is 42.9 Å². The second-order valence-corrected chi connectivity index (χ2v) is 6.52. The van der Waals surface area contributed by atoms with Gasteiger partial charge in [-0.25, -0.2) is 13.4 Å². The number of aromatic nitrogens is 3. The molecule has 0 spiro atoms. The average molecular weight is 288 g/mol. The molecule has 0 aliphatic rings. The van der Waals surface area contributed by atoms with E-state index in [2.05, 4.69) is 9.97 Å². The number of hydrogen-bond acceptors (Lipinski definition) is 5. The zero-order chi connectivity index (χ0) is 14.3. The third kappa shape index (κ3) is 2.23. The van der Waals surface area contributed by atoms with Gasteiger partial charge in [0.25, 0.3) is 0 Å². The molecule has 7 heteroatoms. The minimum absolute atomic E-state index is 0.266. The zero-order valence-electron chi connectivity index (χ0n) is 10.7. The third-order valence-corrected chi connectivity index (χ3v) is 4.03. The van der Waals surface area contributed by atoms with E-state index in [1.807, 2.05) is 6.07 Å². The van der Waals surface area contributed by atoms with Gasteiger partial charge in [0, 0.05) is 18.0 Å². The molecule has 0 saturated carbocycles. The molecule has 3 aromatic rings. The summed E-state index contributed by atoms with van der Waals surface area (Å²) in [4.78, 5) is 8.63. The standard InChI is InChI=1S/C13H12N4O2S/c1-20(18,19)10-4-2-3-9(5-10)11-7-17-8-12(14)16-13(17)6-15-11/h2-8H,14H2,1H3. The van der Waals surface area contributed by atoms with Crippen LogP contribution in [0.2, 0.25) is 0 Å². The molecule has 20 heavy (non-hydrogen) atoms. The van der Waals surface area contributed by atoms with E-state index in [1.54, 1.807) is 41.2 Å². The summed E-state index contributed by atoms with van der Waals surface area (Å²) in [5, 5.41) is 0. The number of nitrogen functional groups attached to an aromatic ring is 1. The number of nitrogens with two attached hydrogens (primary N) is 1. The van der Waals surface area contributed by atoms with E-state index in [-0.39, 0.29) is 4.90 Å². The van der Waals surface area contributed by atoms with Crippen LogP contribution in [-0.2, 0) is 9.84 Å².